The van der Waals surface area contributed by atoms with Crippen molar-refractivity contribution >= 4 is 9.84 Å². The van der Waals surface area contributed by atoms with Gasteiger partial charge in [0.2, 0.25) is 0 Å². The first kappa shape index (κ1) is 21.8. The number of hydrogen-bond acceptors (Lipinski definition) is 4. The minimum atomic E-state index is -3.71. The molecule has 6 heteroatoms. The summed E-state index contributed by atoms with van der Waals surface area (Å²) in [6.07, 6.45) is 0.221. The molecule has 0 aliphatic carbocycles. The van der Waals surface area contributed by atoms with Gasteiger partial charge in [-0.2, -0.15) is 0 Å². The third-order valence-corrected chi connectivity index (χ3v) is 8.82. The summed E-state index contributed by atoms with van der Waals surface area (Å²) in [6.45, 7) is 5.78. The van der Waals surface area contributed by atoms with E-state index in [2.05, 4.69) is 0 Å². The second-order valence-electron chi connectivity index (χ2n) is 7.89. The lowest BCUT2D eigenvalue weighted by atomic mass is 9.77. The number of hydrogen-bond donors (Lipinski definition) is 1. The fourth-order valence-electron chi connectivity index (χ4n) is 4.67. The van der Waals surface area contributed by atoms with Gasteiger partial charge in [-0.25, -0.2) is 12.8 Å². The minimum absolute atomic E-state index is 0.124. The van der Waals surface area contributed by atoms with Gasteiger partial charge in [-0.15, -0.1) is 0 Å². The van der Waals surface area contributed by atoms with E-state index in [1.165, 1.54) is 19.2 Å². The Labute approximate surface area is 172 Å². The predicted molar refractivity (Wildman–Crippen MR) is 111 cm³/mol. The van der Waals surface area contributed by atoms with E-state index in [9.17, 15) is 17.9 Å². The summed E-state index contributed by atoms with van der Waals surface area (Å²) < 4.78 is 46.9. The lowest BCUT2D eigenvalue weighted by molar-refractivity contribution is 0.0794. The van der Waals surface area contributed by atoms with Gasteiger partial charge in [-0.1, -0.05) is 39.3 Å². The molecule has 5 atom stereocenters. The van der Waals surface area contributed by atoms with Crippen LogP contribution in [0.2, 0.25) is 0 Å². The van der Waals surface area contributed by atoms with Crippen molar-refractivity contribution in [3.8, 4) is 5.75 Å². The summed E-state index contributed by atoms with van der Waals surface area (Å²) in [5.74, 6) is -1.17. The van der Waals surface area contributed by atoms with Crippen LogP contribution in [0.5, 0.6) is 5.75 Å². The maximum absolute atomic E-state index is 14.0. The van der Waals surface area contributed by atoms with Crippen LogP contribution in [-0.2, 0) is 9.84 Å². The number of benzene rings is 2. The lowest BCUT2D eigenvalue weighted by Gasteiger charge is -2.33. The molecule has 0 fully saturated rings. The van der Waals surface area contributed by atoms with Gasteiger partial charge < -0.3 is 9.84 Å². The number of rotatable bonds is 5. The van der Waals surface area contributed by atoms with Crippen LogP contribution in [0.1, 0.15) is 50.7 Å². The number of sulfone groups is 1. The minimum Gasteiger partial charge on any atom is -0.497 e. The van der Waals surface area contributed by atoms with E-state index < -0.39 is 38.8 Å². The van der Waals surface area contributed by atoms with Gasteiger partial charge >= 0.3 is 0 Å². The second kappa shape index (κ2) is 8.44. The average Bonchev–Trinajstić information content (AvgIpc) is 2.77. The number of methoxy groups -OCH3 is 1. The molecular weight excluding hydrogens is 391 g/mol. The molecule has 0 radical (unpaired) electrons. The summed E-state index contributed by atoms with van der Waals surface area (Å²) in [6, 6.07) is 10.9. The molecule has 0 saturated carbocycles. The van der Waals surface area contributed by atoms with Crippen LogP contribution < -0.4 is 4.74 Å². The first-order chi connectivity index (χ1) is 13.8. The molecule has 0 bridgehead atoms. The van der Waals surface area contributed by atoms with E-state index in [0.717, 1.165) is 0 Å². The van der Waals surface area contributed by atoms with Crippen molar-refractivity contribution in [3.05, 3.63) is 59.4 Å². The van der Waals surface area contributed by atoms with Crippen molar-refractivity contribution in [2.45, 2.75) is 55.8 Å². The van der Waals surface area contributed by atoms with Crippen molar-refractivity contribution in [2.24, 2.45) is 11.8 Å². The van der Waals surface area contributed by atoms with E-state index in [-0.39, 0.29) is 10.8 Å². The summed E-state index contributed by atoms with van der Waals surface area (Å²) >= 11 is 0. The van der Waals surface area contributed by atoms with E-state index in [4.69, 9.17) is 4.74 Å². The molecule has 0 spiro atoms. The Bertz CT molecular complexity index is 973. The zero-order valence-corrected chi connectivity index (χ0v) is 18.1. The Kier molecular flexibility index (Phi) is 6.34. The van der Waals surface area contributed by atoms with Crippen molar-refractivity contribution in [2.75, 3.05) is 7.11 Å². The molecule has 1 heterocycles. The van der Waals surface area contributed by atoms with Crippen molar-refractivity contribution < 1.29 is 22.7 Å². The van der Waals surface area contributed by atoms with Gasteiger partial charge in [-0.3, -0.25) is 0 Å². The summed E-state index contributed by atoms with van der Waals surface area (Å²) in [4.78, 5) is 0.202. The zero-order chi connectivity index (χ0) is 21.3. The van der Waals surface area contributed by atoms with Gasteiger partial charge in [0.05, 0.1) is 23.4 Å². The molecule has 158 valence electrons. The van der Waals surface area contributed by atoms with Gasteiger partial charge in [0.25, 0.3) is 0 Å². The molecular formula is C23H29FO4S. The standard InChI is InChI=1S/C23H29FO4S/c1-5-14(3)23-18(6-2)22(25)21(15-8-7-9-16(24)12-15)19-13-17(28-4)10-11-20(19)29(23,26)27/h7-14,18,21-23,25H,5-6H2,1-4H3/t14?,18-,21+,22-,23?/m1/s1. The lowest BCUT2D eigenvalue weighted by Crippen LogP contribution is -2.41. The van der Waals surface area contributed by atoms with Crippen LogP contribution in [0.4, 0.5) is 4.39 Å². The quantitative estimate of drug-likeness (QED) is 0.770. The van der Waals surface area contributed by atoms with E-state index >= 15 is 0 Å². The Morgan fingerprint density at radius 1 is 1.17 bits per heavy atom. The Morgan fingerprint density at radius 2 is 1.90 bits per heavy atom. The maximum Gasteiger partial charge on any atom is 0.182 e. The summed E-state index contributed by atoms with van der Waals surface area (Å²) in [7, 11) is -2.20. The van der Waals surface area contributed by atoms with Gasteiger partial charge in [0.1, 0.15) is 11.6 Å². The molecule has 1 aliphatic rings. The fraction of sp³-hybridized carbons (Fsp3) is 0.478. The monoisotopic (exact) mass is 420 g/mol. The van der Waals surface area contributed by atoms with Crippen LogP contribution in [0.25, 0.3) is 0 Å². The smallest absolute Gasteiger partial charge is 0.182 e. The molecule has 0 saturated heterocycles. The summed E-state index contributed by atoms with van der Waals surface area (Å²) in [5.41, 5.74) is 1.03. The largest absolute Gasteiger partial charge is 0.497 e. The first-order valence-corrected chi connectivity index (χ1v) is 11.7. The normalized spacial score (nSPS) is 27.0. The van der Waals surface area contributed by atoms with Crippen LogP contribution in [0.15, 0.2) is 47.4 Å². The number of halogens is 1. The molecule has 2 aromatic rings. The van der Waals surface area contributed by atoms with Gasteiger partial charge in [-0.05, 0) is 53.8 Å². The molecule has 29 heavy (non-hydrogen) atoms. The van der Waals surface area contributed by atoms with Crippen molar-refractivity contribution in [1.82, 2.24) is 0 Å². The highest BCUT2D eigenvalue weighted by atomic mass is 32.2. The van der Waals surface area contributed by atoms with Crippen LogP contribution >= 0.6 is 0 Å². The molecule has 1 N–H and O–H groups in total. The molecule has 3 rings (SSSR count). The molecule has 1 aliphatic heterocycles. The van der Waals surface area contributed by atoms with E-state index in [0.29, 0.717) is 29.7 Å². The van der Waals surface area contributed by atoms with Gasteiger partial charge in [0.15, 0.2) is 9.84 Å². The topological polar surface area (TPSA) is 63.6 Å². The SMILES string of the molecule is CCC(C)C1[C@H](CC)[C@@H](O)[C@@H](c2cccc(F)c2)c2cc(OC)ccc2S1(=O)=O. The Hall–Kier alpha value is -1.92. The maximum atomic E-state index is 14.0. The second-order valence-corrected chi connectivity index (χ2v) is 9.97. The van der Waals surface area contributed by atoms with Crippen molar-refractivity contribution in [3.63, 3.8) is 0 Å². The van der Waals surface area contributed by atoms with Crippen LogP contribution in [0.3, 0.4) is 0 Å². The molecule has 2 unspecified atom stereocenters. The molecule has 0 amide bonds. The molecule has 2 aromatic carbocycles. The third-order valence-electron chi connectivity index (χ3n) is 6.30. The number of aliphatic hydroxyl groups excluding tert-OH is 1. The number of ether oxygens (including phenoxy) is 1. The highest BCUT2D eigenvalue weighted by Crippen LogP contribution is 2.46. The van der Waals surface area contributed by atoms with Gasteiger partial charge in [0, 0.05) is 11.8 Å². The Balaban J connectivity index is 2.35. The fourth-order valence-corrected chi connectivity index (χ4v) is 7.35. The van der Waals surface area contributed by atoms with E-state index in [1.807, 2.05) is 20.8 Å². The number of fused-ring (bicyclic) bond motifs is 1. The average molecular weight is 421 g/mol. The highest BCUT2D eigenvalue weighted by Gasteiger charge is 2.48. The van der Waals surface area contributed by atoms with Crippen LogP contribution in [0, 0.1) is 17.7 Å². The van der Waals surface area contributed by atoms with E-state index in [1.54, 1.807) is 30.3 Å². The van der Waals surface area contributed by atoms with Crippen LogP contribution in [-0.4, -0.2) is 32.0 Å². The molecule has 0 aromatic heterocycles. The summed E-state index contributed by atoms with van der Waals surface area (Å²) in [5, 5.41) is 10.8. The highest BCUT2D eigenvalue weighted by molar-refractivity contribution is 7.92. The molecule has 4 nitrogen and oxygen atoms in total. The van der Waals surface area contributed by atoms with Crippen molar-refractivity contribution in [1.29, 1.82) is 0 Å². The zero-order valence-electron chi connectivity index (χ0n) is 17.3. The Morgan fingerprint density at radius 3 is 2.48 bits per heavy atom. The number of aliphatic hydroxyl groups is 1. The third kappa shape index (κ3) is 3.80. The predicted octanol–water partition coefficient (Wildman–Crippen LogP) is 4.56. The first-order valence-electron chi connectivity index (χ1n) is 10.1.